The molecule has 4 aromatic rings. The summed E-state index contributed by atoms with van der Waals surface area (Å²) < 4.78 is 16.5. The van der Waals surface area contributed by atoms with Crippen LogP contribution in [-0.4, -0.2) is 22.8 Å². The van der Waals surface area contributed by atoms with Crippen LogP contribution in [-0.2, 0) is 9.53 Å². The van der Waals surface area contributed by atoms with Crippen LogP contribution in [0.2, 0.25) is 0 Å². The van der Waals surface area contributed by atoms with Crippen LogP contribution >= 0.6 is 0 Å². The van der Waals surface area contributed by atoms with Crippen LogP contribution < -0.4 is 4.74 Å². The quantitative estimate of drug-likeness (QED) is 0.377. The molecule has 31 heavy (non-hydrogen) atoms. The van der Waals surface area contributed by atoms with Crippen LogP contribution in [0.5, 0.6) is 5.75 Å². The van der Waals surface area contributed by atoms with Crippen LogP contribution in [0.3, 0.4) is 0 Å². The molecule has 0 N–H and O–H groups in total. The molecule has 0 aliphatic carbocycles. The highest BCUT2D eigenvalue weighted by Crippen LogP contribution is 2.24. The highest BCUT2D eigenvalue weighted by atomic mass is 16.6. The van der Waals surface area contributed by atoms with Crippen molar-refractivity contribution in [1.29, 1.82) is 0 Å². The lowest BCUT2D eigenvalue weighted by molar-refractivity contribution is -0.152. The van der Waals surface area contributed by atoms with Crippen molar-refractivity contribution < 1.29 is 18.7 Å². The van der Waals surface area contributed by atoms with Crippen molar-refractivity contribution in [2.45, 2.75) is 20.0 Å². The lowest BCUT2D eigenvalue weighted by atomic mass is 10.1. The molecule has 4 rings (SSSR count). The van der Waals surface area contributed by atoms with Gasteiger partial charge in [0.25, 0.3) is 5.89 Å². The number of aromatic nitrogens is 2. The average Bonchev–Trinajstić information content (AvgIpc) is 3.30. The summed E-state index contributed by atoms with van der Waals surface area (Å²) in [5, 5.41) is 8.02. The molecule has 0 aliphatic rings. The van der Waals surface area contributed by atoms with Gasteiger partial charge in [0, 0.05) is 5.56 Å². The van der Waals surface area contributed by atoms with Gasteiger partial charge in [0.05, 0.1) is 0 Å². The third-order valence-corrected chi connectivity index (χ3v) is 4.71. The Morgan fingerprint density at radius 3 is 2.23 bits per heavy atom. The molecule has 6 heteroatoms. The number of hydrogen-bond acceptors (Lipinski definition) is 6. The van der Waals surface area contributed by atoms with Crippen molar-refractivity contribution in [3.8, 4) is 28.3 Å². The van der Waals surface area contributed by atoms with E-state index in [1.54, 1.807) is 6.92 Å². The van der Waals surface area contributed by atoms with Gasteiger partial charge in [0.2, 0.25) is 5.89 Å². The van der Waals surface area contributed by atoms with Gasteiger partial charge in [-0.1, -0.05) is 60.2 Å². The third kappa shape index (κ3) is 5.17. The van der Waals surface area contributed by atoms with E-state index in [-0.39, 0.29) is 12.5 Å². The Balaban J connectivity index is 1.30. The maximum absolute atomic E-state index is 12.2. The molecule has 0 fully saturated rings. The van der Waals surface area contributed by atoms with E-state index in [9.17, 15) is 4.79 Å². The van der Waals surface area contributed by atoms with Crippen molar-refractivity contribution in [2.75, 3.05) is 6.61 Å². The first-order chi connectivity index (χ1) is 15.1. The highest BCUT2D eigenvalue weighted by molar-refractivity contribution is 5.71. The van der Waals surface area contributed by atoms with Gasteiger partial charge in [-0.2, -0.15) is 0 Å². The summed E-state index contributed by atoms with van der Waals surface area (Å²) in [6, 6.07) is 25.3. The minimum absolute atomic E-state index is 0.214. The number of carbonyl (C=O) groups excluding carboxylic acids is 1. The first kappa shape index (κ1) is 20.3. The van der Waals surface area contributed by atoms with Crippen molar-refractivity contribution >= 4 is 5.97 Å². The summed E-state index contributed by atoms with van der Waals surface area (Å²) in [6.45, 7) is 3.47. The topological polar surface area (TPSA) is 74.5 Å². The second kappa shape index (κ2) is 9.26. The van der Waals surface area contributed by atoms with E-state index in [2.05, 4.69) is 10.2 Å². The third-order valence-electron chi connectivity index (χ3n) is 4.71. The summed E-state index contributed by atoms with van der Waals surface area (Å²) in [6.07, 6.45) is -0.678. The molecule has 0 bridgehead atoms. The van der Waals surface area contributed by atoms with Gasteiger partial charge in [-0.15, -0.1) is 10.2 Å². The Morgan fingerprint density at radius 2 is 1.52 bits per heavy atom. The maximum atomic E-state index is 12.2. The summed E-state index contributed by atoms with van der Waals surface area (Å²) in [5.41, 5.74) is 4.14. The average molecular weight is 414 g/mol. The number of nitrogens with zero attached hydrogens (tertiary/aromatic N) is 2. The Labute approximate surface area is 180 Å². The molecule has 1 atom stereocenters. The monoisotopic (exact) mass is 414 g/mol. The second-order valence-electron chi connectivity index (χ2n) is 7.12. The number of ether oxygens (including phenoxy) is 2. The molecule has 1 aromatic heterocycles. The summed E-state index contributed by atoms with van der Waals surface area (Å²) in [4.78, 5) is 12.2. The maximum Gasteiger partial charge on any atom is 0.344 e. The van der Waals surface area contributed by atoms with Crippen molar-refractivity contribution in [3.63, 3.8) is 0 Å². The molecule has 6 nitrogen and oxygen atoms in total. The van der Waals surface area contributed by atoms with Gasteiger partial charge in [0.15, 0.2) is 12.7 Å². The molecular weight excluding hydrogens is 392 g/mol. The number of benzene rings is 3. The normalized spacial score (nSPS) is 11.7. The van der Waals surface area contributed by atoms with Crippen LogP contribution in [0.4, 0.5) is 0 Å². The van der Waals surface area contributed by atoms with E-state index in [4.69, 9.17) is 13.9 Å². The van der Waals surface area contributed by atoms with Crippen molar-refractivity contribution in [3.05, 3.63) is 90.3 Å². The minimum atomic E-state index is -0.678. The number of carbonyl (C=O) groups is 1. The first-order valence-corrected chi connectivity index (χ1v) is 9.97. The van der Waals surface area contributed by atoms with E-state index >= 15 is 0 Å². The lowest BCUT2D eigenvalue weighted by Crippen LogP contribution is -2.17. The van der Waals surface area contributed by atoms with Gasteiger partial charge in [0.1, 0.15) is 5.75 Å². The molecule has 1 heterocycles. The van der Waals surface area contributed by atoms with E-state index in [0.29, 0.717) is 11.6 Å². The van der Waals surface area contributed by atoms with Gasteiger partial charge >= 0.3 is 5.97 Å². The van der Waals surface area contributed by atoms with Crippen LogP contribution in [0.15, 0.2) is 83.3 Å². The van der Waals surface area contributed by atoms with Gasteiger partial charge in [-0.3, -0.25) is 0 Å². The molecule has 0 unspecified atom stereocenters. The molecule has 0 spiro atoms. The predicted octanol–water partition coefficient (Wildman–Crippen LogP) is 5.40. The fourth-order valence-electron chi connectivity index (χ4n) is 3.01. The lowest BCUT2D eigenvalue weighted by Gasteiger charge is -2.11. The summed E-state index contributed by atoms with van der Waals surface area (Å²) >= 11 is 0. The fraction of sp³-hybridized carbons (Fsp3) is 0.160. The number of aryl methyl sites for hydroxylation is 1. The van der Waals surface area contributed by atoms with Crippen LogP contribution in [0.25, 0.3) is 22.6 Å². The van der Waals surface area contributed by atoms with Crippen molar-refractivity contribution in [1.82, 2.24) is 10.2 Å². The van der Waals surface area contributed by atoms with Crippen molar-refractivity contribution in [2.24, 2.45) is 0 Å². The van der Waals surface area contributed by atoms with E-state index in [1.165, 1.54) is 0 Å². The van der Waals surface area contributed by atoms with Crippen LogP contribution in [0.1, 0.15) is 24.5 Å². The molecule has 0 amide bonds. The van der Waals surface area contributed by atoms with E-state index < -0.39 is 12.1 Å². The molecule has 3 aromatic carbocycles. The number of rotatable bonds is 7. The zero-order chi connectivity index (χ0) is 21.6. The smallest absolute Gasteiger partial charge is 0.344 e. The number of hydrogen-bond donors (Lipinski definition) is 0. The Kier molecular flexibility index (Phi) is 6.08. The van der Waals surface area contributed by atoms with Gasteiger partial charge in [-0.05, 0) is 49.2 Å². The van der Waals surface area contributed by atoms with Gasteiger partial charge < -0.3 is 13.9 Å². The second-order valence-corrected chi connectivity index (χ2v) is 7.12. The zero-order valence-corrected chi connectivity index (χ0v) is 17.3. The number of esters is 1. The zero-order valence-electron chi connectivity index (χ0n) is 17.3. The SMILES string of the molecule is Cc1ccc(-c2nnc([C@@H](C)OC(=O)COc3ccc(-c4ccccc4)cc3)o2)cc1. The van der Waals surface area contributed by atoms with E-state index in [1.807, 2.05) is 85.8 Å². The largest absolute Gasteiger partial charge is 0.482 e. The minimum Gasteiger partial charge on any atom is -0.482 e. The fourth-order valence-corrected chi connectivity index (χ4v) is 3.01. The molecule has 0 saturated carbocycles. The molecule has 0 radical (unpaired) electrons. The molecule has 0 saturated heterocycles. The first-order valence-electron chi connectivity index (χ1n) is 9.97. The summed E-state index contributed by atoms with van der Waals surface area (Å²) in [7, 11) is 0. The molecular formula is C25H22N2O4. The molecule has 0 aliphatic heterocycles. The Morgan fingerprint density at radius 1 is 0.871 bits per heavy atom. The standard InChI is InChI=1S/C25H22N2O4/c1-17-8-10-21(11-9-17)25-27-26-24(31-25)18(2)30-23(28)16-29-22-14-12-20(13-15-22)19-6-4-3-5-7-19/h3-15,18H,16H2,1-2H3/t18-/m1/s1. The van der Waals surface area contributed by atoms with Gasteiger partial charge in [-0.25, -0.2) is 4.79 Å². The molecule has 156 valence electrons. The Hall–Kier alpha value is -3.93. The predicted molar refractivity (Wildman–Crippen MR) is 116 cm³/mol. The summed E-state index contributed by atoms with van der Waals surface area (Å²) in [5.74, 6) is 0.683. The van der Waals surface area contributed by atoms with Crippen LogP contribution in [0, 0.1) is 6.92 Å². The van der Waals surface area contributed by atoms with E-state index in [0.717, 1.165) is 22.3 Å². The highest BCUT2D eigenvalue weighted by Gasteiger charge is 2.19. The Bertz CT molecular complexity index is 1140.